The second-order valence-electron chi connectivity index (χ2n) is 7.76. The molecule has 0 aromatic heterocycles. The van der Waals surface area contributed by atoms with Gasteiger partial charge in [0.15, 0.2) is 0 Å². The molecule has 3 heteroatoms. The van der Waals surface area contributed by atoms with Gasteiger partial charge in [0, 0.05) is 6.42 Å². The number of ether oxygens (including phenoxy) is 1. The number of hydrogen-bond donors (Lipinski definition) is 1. The number of nitrogens with one attached hydrogen (secondary N) is 1. The standard InChI is InChI=1S/C20H27NO2/c1-12(2)10-16-18(20(16,4)5)19(22)21-13(3)14-6-7-17-15(11-14)8-9-23-17/h6-7,10-11,13,16,18H,8-9H2,1-5H3,(H,21,22)/t13-,16+,18+/m0/s1. The Morgan fingerprint density at radius 1 is 1.39 bits per heavy atom. The molecule has 1 aromatic carbocycles. The van der Waals surface area contributed by atoms with Crippen molar-refractivity contribution in [1.82, 2.24) is 5.32 Å². The molecule has 1 amide bonds. The highest BCUT2D eigenvalue weighted by Crippen LogP contribution is 2.59. The molecule has 1 N–H and O–H groups in total. The molecular weight excluding hydrogens is 286 g/mol. The Bertz CT molecular complexity index is 656. The van der Waals surface area contributed by atoms with Gasteiger partial charge in [-0.2, -0.15) is 0 Å². The number of benzene rings is 1. The lowest BCUT2D eigenvalue weighted by Crippen LogP contribution is -2.29. The van der Waals surface area contributed by atoms with E-state index in [1.807, 2.05) is 6.07 Å². The van der Waals surface area contributed by atoms with Crippen LogP contribution in [0.3, 0.4) is 0 Å². The summed E-state index contributed by atoms with van der Waals surface area (Å²) in [6, 6.07) is 6.27. The van der Waals surface area contributed by atoms with Crippen LogP contribution in [0, 0.1) is 17.3 Å². The molecule has 23 heavy (non-hydrogen) atoms. The molecule has 1 aromatic rings. The summed E-state index contributed by atoms with van der Waals surface area (Å²) in [5.74, 6) is 1.59. The molecule has 0 radical (unpaired) electrons. The summed E-state index contributed by atoms with van der Waals surface area (Å²) in [7, 11) is 0. The predicted molar refractivity (Wildman–Crippen MR) is 92.4 cm³/mol. The van der Waals surface area contributed by atoms with Gasteiger partial charge in [0.2, 0.25) is 5.91 Å². The highest BCUT2D eigenvalue weighted by molar-refractivity contribution is 5.84. The molecule has 3 nitrogen and oxygen atoms in total. The Kier molecular flexibility index (Phi) is 3.99. The number of amides is 1. The summed E-state index contributed by atoms with van der Waals surface area (Å²) in [6.45, 7) is 11.4. The molecule has 1 saturated carbocycles. The molecular formula is C20H27NO2. The van der Waals surface area contributed by atoms with Crippen LogP contribution in [0.5, 0.6) is 5.75 Å². The number of hydrogen-bond acceptors (Lipinski definition) is 2. The van der Waals surface area contributed by atoms with Crippen molar-refractivity contribution >= 4 is 5.91 Å². The van der Waals surface area contributed by atoms with E-state index >= 15 is 0 Å². The lowest BCUT2D eigenvalue weighted by atomic mass is 10.0. The van der Waals surface area contributed by atoms with Gasteiger partial charge < -0.3 is 10.1 Å². The van der Waals surface area contributed by atoms with Gasteiger partial charge in [0.25, 0.3) is 0 Å². The Balaban J connectivity index is 1.67. The minimum atomic E-state index is 0.0251. The molecule has 1 heterocycles. The normalized spacial score (nSPS) is 25.1. The molecule has 124 valence electrons. The summed E-state index contributed by atoms with van der Waals surface area (Å²) in [6.07, 6.45) is 3.20. The van der Waals surface area contributed by atoms with Gasteiger partial charge >= 0.3 is 0 Å². The number of carbonyl (C=O) groups is 1. The molecule has 3 rings (SSSR count). The average molecular weight is 313 g/mol. The molecule has 1 aliphatic carbocycles. The minimum absolute atomic E-state index is 0.0251. The third-order valence-corrected chi connectivity index (χ3v) is 5.28. The lowest BCUT2D eigenvalue weighted by Gasteiger charge is -2.16. The lowest BCUT2D eigenvalue weighted by molar-refractivity contribution is -0.123. The van der Waals surface area contributed by atoms with E-state index < -0.39 is 0 Å². The zero-order valence-corrected chi connectivity index (χ0v) is 14.8. The number of allylic oxidation sites excluding steroid dienone is 2. The van der Waals surface area contributed by atoms with E-state index in [0.717, 1.165) is 24.3 Å². The Morgan fingerprint density at radius 3 is 2.83 bits per heavy atom. The monoisotopic (exact) mass is 313 g/mol. The number of rotatable bonds is 4. The Labute approximate surface area is 139 Å². The molecule has 0 saturated heterocycles. The smallest absolute Gasteiger partial charge is 0.224 e. The van der Waals surface area contributed by atoms with E-state index in [1.165, 1.54) is 11.1 Å². The maximum atomic E-state index is 12.7. The molecule has 1 fully saturated rings. The van der Waals surface area contributed by atoms with Crippen LogP contribution >= 0.6 is 0 Å². The van der Waals surface area contributed by atoms with Crippen LogP contribution in [-0.4, -0.2) is 12.5 Å². The third-order valence-electron chi connectivity index (χ3n) is 5.28. The van der Waals surface area contributed by atoms with Crippen molar-refractivity contribution in [1.29, 1.82) is 0 Å². The van der Waals surface area contributed by atoms with Gasteiger partial charge in [-0.3, -0.25) is 4.79 Å². The summed E-state index contributed by atoms with van der Waals surface area (Å²) < 4.78 is 5.55. The first-order valence-electron chi connectivity index (χ1n) is 8.51. The highest BCUT2D eigenvalue weighted by Gasteiger charge is 2.60. The van der Waals surface area contributed by atoms with Crippen molar-refractivity contribution < 1.29 is 9.53 Å². The Morgan fingerprint density at radius 2 is 2.13 bits per heavy atom. The predicted octanol–water partition coefficient (Wildman–Crippen LogP) is 4.04. The first-order valence-corrected chi connectivity index (χ1v) is 8.51. The summed E-state index contributed by atoms with van der Waals surface area (Å²) in [5, 5.41) is 3.20. The van der Waals surface area contributed by atoms with Crippen molar-refractivity contribution in [3.8, 4) is 5.75 Å². The van der Waals surface area contributed by atoms with Crippen molar-refractivity contribution in [3.63, 3.8) is 0 Å². The van der Waals surface area contributed by atoms with Gasteiger partial charge in [-0.25, -0.2) is 0 Å². The van der Waals surface area contributed by atoms with E-state index in [-0.39, 0.29) is 23.3 Å². The van der Waals surface area contributed by atoms with Gasteiger partial charge in [0.1, 0.15) is 5.75 Å². The van der Waals surface area contributed by atoms with Crippen molar-refractivity contribution in [2.75, 3.05) is 6.61 Å². The summed E-state index contributed by atoms with van der Waals surface area (Å²) >= 11 is 0. The first-order chi connectivity index (χ1) is 10.8. The SMILES string of the molecule is CC(C)=C[C@@H]1[C@H](C(=O)N[C@@H](C)c2ccc3c(c2)CCO3)C1(C)C. The second kappa shape index (κ2) is 5.70. The zero-order chi connectivity index (χ0) is 16.8. The average Bonchev–Trinajstić information content (AvgIpc) is 2.85. The van der Waals surface area contributed by atoms with Gasteiger partial charge in [-0.05, 0) is 55.4 Å². The van der Waals surface area contributed by atoms with Crippen molar-refractivity contribution in [2.45, 2.75) is 47.1 Å². The molecule has 0 unspecified atom stereocenters. The summed E-state index contributed by atoms with van der Waals surface area (Å²) in [5.41, 5.74) is 3.75. The van der Waals surface area contributed by atoms with Gasteiger partial charge in [-0.1, -0.05) is 31.6 Å². The van der Waals surface area contributed by atoms with Crippen LogP contribution in [-0.2, 0) is 11.2 Å². The van der Waals surface area contributed by atoms with Crippen molar-refractivity contribution in [2.24, 2.45) is 17.3 Å². The highest BCUT2D eigenvalue weighted by atomic mass is 16.5. The Hall–Kier alpha value is -1.77. The van der Waals surface area contributed by atoms with Crippen LogP contribution in [0.4, 0.5) is 0 Å². The number of fused-ring (bicyclic) bond motifs is 1. The molecule has 0 spiro atoms. The fraction of sp³-hybridized carbons (Fsp3) is 0.550. The maximum Gasteiger partial charge on any atom is 0.224 e. The van der Waals surface area contributed by atoms with Crippen LogP contribution in [0.15, 0.2) is 29.8 Å². The van der Waals surface area contributed by atoms with Crippen LogP contribution < -0.4 is 10.1 Å². The minimum Gasteiger partial charge on any atom is -0.493 e. The molecule has 1 aliphatic heterocycles. The largest absolute Gasteiger partial charge is 0.493 e. The first kappa shape index (κ1) is 16.1. The van der Waals surface area contributed by atoms with E-state index in [2.05, 4.69) is 58.1 Å². The third kappa shape index (κ3) is 3.01. The molecule has 0 bridgehead atoms. The van der Waals surface area contributed by atoms with Gasteiger partial charge in [0.05, 0.1) is 18.6 Å². The molecule has 3 atom stereocenters. The molecule has 2 aliphatic rings. The fourth-order valence-corrected chi connectivity index (χ4v) is 3.71. The van der Waals surface area contributed by atoms with E-state index in [4.69, 9.17) is 4.74 Å². The van der Waals surface area contributed by atoms with E-state index in [0.29, 0.717) is 5.92 Å². The second-order valence-corrected chi connectivity index (χ2v) is 7.76. The summed E-state index contributed by atoms with van der Waals surface area (Å²) in [4.78, 5) is 12.7. The van der Waals surface area contributed by atoms with Crippen molar-refractivity contribution in [3.05, 3.63) is 41.0 Å². The quantitative estimate of drug-likeness (QED) is 0.852. The van der Waals surface area contributed by atoms with E-state index in [9.17, 15) is 4.79 Å². The fourth-order valence-electron chi connectivity index (χ4n) is 3.71. The van der Waals surface area contributed by atoms with Crippen LogP contribution in [0.1, 0.15) is 51.8 Å². The van der Waals surface area contributed by atoms with Crippen LogP contribution in [0.25, 0.3) is 0 Å². The van der Waals surface area contributed by atoms with Crippen LogP contribution in [0.2, 0.25) is 0 Å². The van der Waals surface area contributed by atoms with E-state index in [1.54, 1.807) is 0 Å². The topological polar surface area (TPSA) is 38.3 Å². The zero-order valence-electron chi connectivity index (χ0n) is 14.8. The number of carbonyl (C=O) groups excluding carboxylic acids is 1. The van der Waals surface area contributed by atoms with Gasteiger partial charge in [-0.15, -0.1) is 0 Å². The maximum absolute atomic E-state index is 12.7.